The van der Waals surface area contributed by atoms with E-state index in [4.69, 9.17) is 0 Å². The van der Waals surface area contributed by atoms with Crippen LogP contribution < -0.4 is 10.6 Å². The van der Waals surface area contributed by atoms with E-state index in [1.807, 2.05) is 41.8 Å². The van der Waals surface area contributed by atoms with Crippen LogP contribution in [-0.4, -0.2) is 23.3 Å². The van der Waals surface area contributed by atoms with Crippen molar-refractivity contribution in [3.63, 3.8) is 0 Å². The maximum Gasteiger partial charge on any atom is 0.257 e. The lowest BCUT2D eigenvalue weighted by Crippen LogP contribution is -2.25. The predicted molar refractivity (Wildman–Crippen MR) is 113 cm³/mol. The van der Waals surface area contributed by atoms with Gasteiger partial charge in [-0.15, -0.1) is 11.3 Å². The summed E-state index contributed by atoms with van der Waals surface area (Å²) in [6.07, 6.45) is 2.82. The van der Waals surface area contributed by atoms with Gasteiger partial charge in [-0.05, 0) is 37.0 Å². The van der Waals surface area contributed by atoms with E-state index in [0.29, 0.717) is 30.1 Å². The second-order valence-corrected chi connectivity index (χ2v) is 7.26. The zero-order valence-corrected chi connectivity index (χ0v) is 16.4. The summed E-state index contributed by atoms with van der Waals surface area (Å²) in [4.78, 5) is 28.5. The van der Waals surface area contributed by atoms with Crippen LogP contribution in [0.1, 0.15) is 34.5 Å². The maximum atomic E-state index is 12.1. The highest BCUT2D eigenvalue weighted by atomic mass is 32.1. The SMILES string of the molecule is O=C(CCc1csc(NC(=O)c2ccccc2)n1)NCCCc1ccccc1. The van der Waals surface area contributed by atoms with Crippen LogP contribution in [0.3, 0.4) is 0 Å². The van der Waals surface area contributed by atoms with Crippen molar-refractivity contribution < 1.29 is 9.59 Å². The maximum absolute atomic E-state index is 12.1. The molecule has 0 fully saturated rings. The van der Waals surface area contributed by atoms with E-state index < -0.39 is 0 Å². The number of carbonyl (C=O) groups is 2. The summed E-state index contributed by atoms with van der Waals surface area (Å²) in [7, 11) is 0. The van der Waals surface area contributed by atoms with Crippen molar-refractivity contribution in [3.8, 4) is 0 Å². The molecule has 0 aliphatic heterocycles. The Hall–Kier alpha value is -2.99. The van der Waals surface area contributed by atoms with Crippen molar-refractivity contribution >= 4 is 28.3 Å². The van der Waals surface area contributed by atoms with Gasteiger partial charge < -0.3 is 5.32 Å². The highest BCUT2D eigenvalue weighted by Crippen LogP contribution is 2.17. The molecule has 144 valence electrons. The molecule has 0 spiro atoms. The first-order valence-corrected chi connectivity index (χ1v) is 10.2. The third-order valence-electron chi connectivity index (χ3n) is 4.22. The van der Waals surface area contributed by atoms with Gasteiger partial charge in [-0.2, -0.15) is 0 Å². The Morgan fingerprint density at radius 3 is 2.39 bits per heavy atom. The summed E-state index contributed by atoms with van der Waals surface area (Å²) in [5.41, 5.74) is 2.69. The molecule has 3 aromatic rings. The number of benzene rings is 2. The van der Waals surface area contributed by atoms with Gasteiger partial charge in [0.2, 0.25) is 5.91 Å². The first kappa shape index (κ1) is 19.8. The Morgan fingerprint density at radius 1 is 0.929 bits per heavy atom. The average Bonchev–Trinajstić information content (AvgIpc) is 3.18. The minimum absolute atomic E-state index is 0.0240. The summed E-state index contributed by atoms with van der Waals surface area (Å²) in [5, 5.41) is 8.17. The quantitative estimate of drug-likeness (QED) is 0.538. The van der Waals surface area contributed by atoms with Gasteiger partial charge in [0.25, 0.3) is 5.91 Å². The largest absolute Gasteiger partial charge is 0.356 e. The molecule has 3 rings (SSSR count). The van der Waals surface area contributed by atoms with Crippen molar-refractivity contribution in [1.82, 2.24) is 10.3 Å². The summed E-state index contributed by atoms with van der Waals surface area (Å²) in [6.45, 7) is 0.670. The minimum Gasteiger partial charge on any atom is -0.356 e. The molecule has 2 N–H and O–H groups in total. The Morgan fingerprint density at radius 2 is 1.64 bits per heavy atom. The standard InChI is InChI=1S/C22H23N3O2S/c26-20(23-15-7-10-17-8-3-1-4-9-17)14-13-19-16-28-22(24-19)25-21(27)18-11-5-2-6-12-18/h1-6,8-9,11-12,16H,7,10,13-15H2,(H,23,26)(H,24,25,27). The third-order valence-corrected chi connectivity index (χ3v) is 5.03. The normalized spacial score (nSPS) is 10.4. The van der Waals surface area contributed by atoms with Gasteiger partial charge in [-0.25, -0.2) is 4.98 Å². The fourth-order valence-electron chi connectivity index (χ4n) is 2.73. The van der Waals surface area contributed by atoms with Gasteiger partial charge >= 0.3 is 0 Å². The van der Waals surface area contributed by atoms with E-state index in [9.17, 15) is 9.59 Å². The topological polar surface area (TPSA) is 71.1 Å². The van der Waals surface area contributed by atoms with E-state index in [1.165, 1.54) is 16.9 Å². The van der Waals surface area contributed by atoms with Crippen molar-refractivity contribution in [2.45, 2.75) is 25.7 Å². The van der Waals surface area contributed by atoms with Crippen LogP contribution in [0.5, 0.6) is 0 Å². The molecule has 2 aromatic carbocycles. The molecule has 1 heterocycles. The van der Waals surface area contributed by atoms with Crippen LogP contribution in [0, 0.1) is 0 Å². The molecule has 0 saturated carbocycles. The number of anilines is 1. The molecule has 0 atom stereocenters. The number of nitrogens with zero attached hydrogens (tertiary/aromatic N) is 1. The smallest absolute Gasteiger partial charge is 0.257 e. The van der Waals surface area contributed by atoms with Crippen LogP contribution in [0.25, 0.3) is 0 Å². The van der Waals surface area contributed by atoms with Gasteiger partial charge in [0.05, 0.1) is 5.69 Å². The summed E-state index contributed by atoms with van der Waals surface area (Å²) in [6, 6.07) is 19.3. The number of hydrogen-bond donors (Lipinski definition) is 2. The molecule has 0 aliphatic carbocycles. The van der Waals surface area contributed by atoms with E-state index in [2.05, 4.69) is 27.8 Å². The summed E-state index contributed by atoms with van der Waals surface area (Å²) < 4.78 is 0. The number of nitrogens with one attached hydrogen (secondary N) is 2. The molecule has 0 unspecified atom stereocenters. The van der Waals surface area contributed by atoms with Gasteiger partial charge in [0.15, 0.2) is 5.13 Å². The van der Waals surface area contributed by atoms with Gasteiger partial charge in [0, 0.05) is 23.9 Å². The van der Waals surface area contributed by atoms with Crippen molar-refractivity contribution in [1.29, 1.82) is 0 Å². The molecule has 0 bridgehead atoms. The Labute approximate surface area is 168 Å². The van der Waals surface area contributed by atoms with E-state index >= 15 is 0 Å². The lowest BCUT2D eigenvalue weighted by Gasteiger charge is -2.05. The molecule has 5 nitrogen and oxygen atoms in total. The first-order chi connectivity index (χ1) is 13.7. The molecular weight excluding hydrogens is 370 g/mol. The lowest BCUT2D eigenvalue weighted by molar-refractivity contribution is -0.121. The highest BCUT2D eigenvalue weighted by molar-refractivity contribution is 7.14. The molecule has 28 heavy (non-hydrogen) atoms. The van der Waals surface area contributed by atoms with E-state index in [0.717, 1.165) is 18.5 Å². The van der Waals surface area contributed by atoms with Gasteiger partial charge in [0.1, 0.15) is 0 Å². The lowest BCUT2D eigenvalue weighted by atomic mass is 10.1. The third kappa shape index (κ3) is 6.32. The summed E-state index contributed by atoms with van der Waals surface area (Å²) >= 11 is 1.37. The zero-order valence-electron chi connectivity index (χ0n) is 15.6. The van der Waals surface area contributed by atoms with Crippen LogP contribution >= 0.6 is 11.3 Å². The number of rotatable bonds is 9. The number of thiazole rings is 1. The average molecular weight is 394 g/mol. The molecule has 2 amide bonds. The Bertz CT molecular complexity index is 894. The summed E-state index contributed by atoms with van der Waals surface area (Å²) in [5.74, 6) is -0.159. The van der Waals surface area contributed by atoms with Crippen LogP contribution in [0.4, 0.5) is 5.13 Å². The second-order valence-electron chi connectivity index (χ2n) is 6.40. The van der Waals surface area contributed by atoms with E-state index in [1.54, 1.807) is 12.1 Å². The monoisotopic (exact) mass is 393 g/mol. The molecule has 0 saturated heterocycles. The molecule has 0 radical (unpaired) electrons. The molecule has 1 aromatic heterocycles. The van der Waals surface area contributed by atoms with Crippen molar-refractivity contribution in [3.05, 3.63) is 82.9 Å². The van der Waals surface area contributed by atoms with Crippen LogP contribution in [0.2, 0.25) is 0 Å². The number of carbonyl (C=O) groups excluding carboxylic acids is 2. The Kier molecular flexibility index (Phi) is 7.32. The van der Waals surface area contributed by atoms with Crippen LogP contribution in [-0.2, 0) is 17.6 Å². The first-order valence-electron chi connectivity index (χ1n) is 9.32. The van der Waals surface area contributed by atoms with E-state index in [-0.39, 0.29) is 11.8 Å². The number of aromatic nitrogens is 1. The molecule has 0 aliphatic rings. The Balaban J connectivity index is 1.35. The van der Waals surface area contributed by atoms with Crippen molar-refractivity contribution in [2.24, 2.45) is 0 Å². The zero-order chi connectivity index (χ0) is 19.6. The fraction of sp³-hybridized carbons (Fsp3) is 0.227. The van der Waals surface area contributed by atoms with Crippen molar-refractivity contribution in [2.75, 3.05) is 11.9 Å². The molecule has 6 heteroatoms. The molecular formula is C22H23N3O2S. The second kappa shape index (κ2) is 10.4. The van der Waals surface area contributed by atoms with Crippen LogP contribution in [0.15, 0.2) is 66.0 Å². The number of aryl methyl sites for hydroxylation is 2. The number of amides is 2. The van der Waals surface area contributed by atoms with Gasteiger partial charge in [-0.1, -0.05) is 48.5 Å². The number of hydrogen-bond acceptors (Lipinski definition) is 4. The highest BCUT2D eigenvalue weighted by Gasteiger charge is 2.09. The fourth-order valence-corrected chi connectivity index (χ4v) is 3.47. The minimum atomic E-state index is -0.183. The van der Waals surface area contributed by atoms with Gasteiger partial charge in [-0.3, -0.25) is 14.9 Å². The predicted octanol–water partition coefficient (Wildman–Crippen LogP) is 4.08.